The van der Waals surface area contributed by atoms with Crippen LogP contribution in [0.1, 0.15) is 290 Å². The van der Waals surface area contributed by atoms with Crippen LogP contribution in [0.25, 0.3) is 0 Å². The van der Waals surface area contributed by atoms with Crippen LogP contribution in [0.3, 0.4) is 0 Å². The highest BCUT2D eigenvalue weighted by Crippen LogP contribution is 2.16. The van der Waals surface area contributed by atoms with Gasteiger partial charge in [0, 0.05) is 19.3 Å². The maximum absolute atomic E-state index is 12.9. The second-order valence-electron chi connectivity index (χ2n) is 21.3. The van der Waals surface area contributed by atoms with E-state index >= 15 is 0 Å². The number of ether oxygens (including phenoxy) is 3. The van der Waals surface area contributed by atoms with Gasteiger partial charge in [-0.05, 0) is 135 Å². The summed E-state index contributed by atoms with van der Waals surface area (Å²) in [5, 5.41) is 0. The maximum Gasteiger partial charge on any atom is 0.306 e. The van der Waals surface area contributed by atoms with Crippen molar-refractivity contribution in [3.05, 3.63) is 134 Å². The summed E-state index contributed by atoms with van der Waals surface area (Å²) in [5.41, 5.74) is 0. The minimum atomic E-state index is -0.819. The molecule has 0 amide bonds. The Kier molecular flexibility index (Phi) is 62.3. The zero-order valence-corrected chi connectivity index (χ0v) is 51.3. The van der Waals surface area contributed by atoms with Gasteiger partial charge in [-0.1, -0.05) is 270 Å². The van der Waals surface area contributed by atoms with Crippen LogP contribution in [-0.2, 0) is 28.6 Å². The van der Waals surface area contributed by atoms with E-state index in [0.29, 0.717) is 19.3 Å². The van der Waals surface area contributed by atoms with Crippen LogP contribution < -0.4 is 0 Å². The second-order valence-corrected chi connectivity index (χ2v) is 21.3. The molecule has 1 unspecified atom stereocenters. The summed E-state index contributed by atoms with van der Waals surface area (Å²) >= 11 is 0. The highest BCUT2D eigenvalue weighted by Gasteiger charge is 2.19. The maximum atomic E-state index is 12.9. The molecule has 79 heavy (non-hydrogen) atoms. The minimum Gasteiger partial charge on any atom is -0.462 e. The molecule has 0 spiro atoms. The molecule has 0 N–H and O–H groups in total. The Balaban J connectivity index is 4.38. The van der Waals surface area contributed by atoms with E-state index in [-0.39, 0.29) is 37.5 Å². The molecule has 0 aromatic carbocycles. The van der Waals surface area contributed by atoms with Crippen LogP contribution in [0.2, 0.25) is 0 Å². The van der Waals surface area contributed by atoms with Gasteiger partial charge in [0.25, 0.3) is 0 Å². The lowest BCUT2D eigenvalue weighted by Gasteiger charge is -2.18. The number of unbranched alkanes of at least 4 members (excludes halogenated alkanes) is 25. The molecular formula is C73H120O6. The molecule has 6 heteroatoms. The van der Waals surface area contributed by atoms with Crippen LogP contribution in [0.5, 0.6) is 0 Å². The van der Waals surface area contributed by atoms with Crippen molar-refractivity contribution >= 4 is 17.9 Å². The van der Waals surface area contributed by atoms with E-state index in [1.54, 1.807) is 0 Å². The first-order valence-electron chi connectivity index (χ1n) is 32.7. The van der Waals surface area contributed by atoms with Gasteiger partial charge in [0.1, 0.15) is 13.2 Å². The lowest BCUT2D eigenvalue weighted by molar-refractivity contribution is -0.167. The summed E-state index contributed by atoms with van der Waals surface area (Å²) in [4.78, 5) is 38.3. The summed E-state index contributed by atoms with van der Waals surface area (Å²) in [6.07, 6.45) is 93.3. The Hall–Kier alpha value is -4.45. The third kappa shape index (κ3) is 64.3. The predicted molar refractivity (Wildman–Crippen MR) is 343 cm³/mol. The Morgan fingerprint density at radius 1 is 0.266 bits per heavy atom. The molecule has 0 radical (unpaired) electrons. The lowest BCUT2D eigenvalue weighted by atomic mass is 10.0. The molecule has 448 valence electrons. The van der Waals surface area contributed by atoms with E-state index in [2.05, 4.69) is 154 Å². The third-order valence-corrected chi connectivity index (χ3v) is 13.6. The SMILES string of the molecule is CC/C=C\C/C=C\C/C=C\C/C=C\C/C=C\C/C=C\CCCCC(=O)OC(COC(=O)CCCCC/C=C\C/C=C\C/C=C\CC)COC(=O)CCCCCCCCCCCCCCCCC/C=C\C/C=C\CCCCCCC. The Morgan fingerprint density at radius 2 is 0.494 bits per heavy atom. The molecular weight excluding hydrogens is 973 g/mol. The standard InChI is InChI=1S/C73H120O6/c1-4-7-10-13-16-19-22-25-27-29-31-33-34-35-36-37-38-40-41-43-45-48-51-54-57-60-63-66-72(75)78-69-70(68-77-71(74)65-62-59-56-53-50-47-24-21-18-15-12-9-6-3)79-73(76)67-64-61-58-55-52-49-46-44-42-39-32-30-28-26-23-20-17-14-11-8-5-2/h8-9,11-12,17-18,20-22,25-26,28-29,31-32,39,44,46-47,50,52,55,70H,4-7,10,13-16,19,23-24,27,30,33-38,40-43,45,48-49,51,53-54,56-69H2,1-3H3/b11-8-,12-9-,20-17-,21-18-,25-22-,28-26-,31-29-,39-32-,46-44-,50-47-,55-52-. The molecule has 0 saturated carbocycles. The van der Waals surface area contributed by atoms with Crippen molar-refractivity contribution in [3.8, 4) is 0 Å². The largest absolute Gasteiger partial charge is 0.462 e. The number of esters is 3. The molecule has 1 atom stereocenters. The summed E-state index contributed by atoms with van der Waals surface area (Å²) < 4.78 is 16.9. The van der Waals surface area contributed by atoms with Crippen LogP contribution >= 0.6 is 0 Å². The van der Waals surface area contributed by atoms with E-state index in [9.17, 15) is 14.4 Å². The molecule has 0 heterocycles. The fraction of sp³-hybridized carbons (Fsp3) is 0.658. The van der Waals surface area contributed by atoms with E-state index in [4.69, 9.17) is 14.2 Å². The summed E-state index contributed by atoms with van der Waals surface area (Å²) in [7, 11) is 0. The molecule has 0 saturated heterocycles. The van der Waals surface area contributed by atoms with Gasteiger partial charge in [0.2, 0.25) is 0 Å². The number of hydrogen-bond acceptors (Lipinski definition) is 6. The van der Waals surface area contributed by atoms with Gasteiger partial charge >= 0.3 is 17.9 Å². The zero-order chi connectivity index (χ0) is 57.1. The monoisotopic (exact) mass is 1090 g/mol. The van der Waals surface area contributed by atoms with Crippen molar-refractivity contribution in [1.29, 1.82) is 0 Å². The molecule has 0 aliphatic carbocycles. The van der Waals surface area contributed by atoms with Crippen molar-refractivity contribution in [2.75, 3.05) is 13.2 Å². The average Bonchev–Trinajstić information content (AvgIpc) is 3.45. The van der Waals surface area contributed by atoms with Gasteiger partial charge in [0.05, 0.1) is 0 Å². The fourth-order valence-electron chi connectivity index (χ4n) is 8.79. The van der Waals surface area contributed by atoms with Crippen LogP contribution in [0.4, 0.5) is 0 Å². The fourth-order valence-corrected chi connectivity index (χ4v) is 8.79. The second kappa shape index (κ2) is 66.1. The van der Waals surface area contributed by atoms with E-state index in [1.807, 2.05) is 0 Å². The Labute approximate surface area is 487 Å². The number of carbonyl (C=O) groups is 3. The van der Waals surface area contributed by atoms with Crippen molar-refractivity contribution in [2.45, 2.75) is 297 Å². The highest BCUT2D eigenvalue weighted by atomic mass is 16.6. The first-order chi connectivity index (χ1) is 39.0. The molecule has 0 aromatic heterocycles. The molecule has 0 aliphatic heterocycles. The first-order valence-corrected chi connectivity index (χ1v) is 32.7. The van der Waals surface area contributed by atoms with Gasteiger partial charge in [-0.15, -0.1) is 0 Å². The highest BCUT2D eigenvalue weighted by molar-refractivity contribution is 5.71. The van der Waals surface area contributed by atoms with Crippen LogP contribution in [0, 0.1) is 0 Å². The van der Waals surface area contributed by atoms with Gasteiger partial charge < -0.3 is 14.2 Å². The van der Waals surface area contributed by atoms with E-state index in [0.717, 1.165) is 122 Å². The molecule has 0 aromatic rings. The van der Waals surface area contributed by atoms with E-state index < -0.39 is 6.10 Å². The van der Waals surface area contributed by atoms with Crippen molar-refractivity contribution in [2.24, 2.45) is 0 Å². The Bertz CT molecular complexity index is 1680. The smallest absolute Gasteiger partial charge is 0.306 e. The minimum absolute atomic E-state index is 0.108. The number of carbonyl (C=O) groups excluding carboxylic acids is 3. The van der Waals surface area contributed by atoms with Crippen LogP contribution in [0.15, 0.2) is 134 Å². The van der Waals surface area contributed by atoms with Crippen molar-refractivity contribution in [1.82, 2.24) is 0 Å². The quantitative estimate of drug-likeness (QED) is 0.0261. The number of rotatable bonds is 58. The summed E-state index contributed by atoms with van der Waals surface area (Å²) in [6, 6.07) is 0. The normalized spacial score (nSPS) is 13.0. The third-order valence-electron chi connectivity index (χ3n) is 13.6. The van der Waals surface area contributed by atoms with Crippen molar-refractivity contribution in [3.63, 3.8) is 0 Å². The Morgan fingerprint density at radius 3 is 0.810 bits per heavy atom. The molecule has 0 aliphatic rings. The number of hydrogen-bond donors (Lipinski definition) is 0. The van der Waals surface area contributed by atoms with Gasteiger partial charge in [-0.3, -0.25) is 14.4 Å². The van der Waals surface area contributed by atoms with Crippen LogP contribution in [-0.4, -0.2) is 37.2 Å². The van der Waals surface area contributed by atoms with Gasteiger partial charge in [-0.25, -0.2) is 0 Å². The van der Waals surface area contributed by atoms with Crippen molar-refractivity contribution < 1.29 is 28.6 Å². The first kappa shape index (κ1) is 74.5. The topological polar surface area (TPSA) is 78.9 Å². The zero-order valence-electron chi connectivity index (χ0n) is 51.3. The average molecular weight is 1090 g/mol. The predicted octanol–water partition coefficient (Wildman–Crippen LogP) is 22.5. The summed E-state index contributed by atoms with van der Waals surface area (Å²) in [5.74, 6) is -0.981. The molecule has 0 rings (SSSR count). The molecule has 0 fully saturated rings. The van der Waals surface area contributed by atoms with E-state index in [1.165, 1.54) is 122 Å². The number of allylic oxidation sites excluding steroid dienone is 22. The molecule has 0 bridgehead atoms. The summed E-state index contributed by atoms with van der Waals surface area (Å²) in [6.45, 7) is 6.35. The molecule has 6 nitrogen and oxygen atoms in total. The van der Waals surface area contributed by atoms with Gasteiger partial charge in [-0.2, -0.15) is 0 Å². The van der Waals surface area contributed by atoms with Gasteiger partial charge in [0.15, 0.2) is 6.10 Å². The lowest BCUT2D eigenvalue weighted by Crippen LogP contribution is -2.30.